The summed E-state index contributed by atoms with van der Waals surface area (Å²) in [5.74, 6) is -1.80. The van der Waals surface area contributed by atoms with Gasteiger partial charge in [0.15, 0.2) is 5.78 Å². The number of fused-ring (bicyclic) bond motifs is 1. The first-order chi connectivity index (χ1) is 18.5. The summed E-state index contributed by atoms with van der Waals surface area (Å²) in [7, 11) is 0. The molecule has 2 amide bonds. The molecule has 1 heterocycles. The number of nitrogens with zero attached hydrogens (tertiary/aromatic N) is 1. The maximum atomic E-state index is 15.2. The predicted octanol–water partition coefficient (Wildman–Crippen LogP) is 6.31. The maximum Gasteiger partial charge on any atom is 0.408 e. The van der Waals surface area contributed by atoms with E-state index in [1.54, 1.807) is 32.9 Å². The van der Waals surface area contributed by atoms with Crippen LogP contribution in [0.15, 0.2) is 71.6 Å². The highest BCUT2D eigenvalue weighted by Gasteiger charge is 2.34. The summed E-state index contributed by atoms with van der Waals surface area (Å²) < 4.78 is 34.1. The molecule has 0 unspecified atom stereocenters. The fraction of sp³-hybridized carbons (Fsp3) is 0.300. The molecule has 0 radical (unpaired) electrons. The van der Waals surface area contributed by atoms with Gasteiger partial charge >= 0.3 is 6.09 Å². The molecular weight excluding hydrogens is 522 g/mol. The number of Topliss-reactive ketones (excluding diaryl/α,β-unsaturated/α-hetero) is 1. The number of carbonyl (C=O) groups excluding carboxylic acids is 3. The van der Waals surface area contributed by atoms with Crippen LogP contribution in [-0.2, 0) is 22.5 Å². The molecule has 3 aromatic rings. The first-order valence-corrected chi connectivity index (χ1v) is 13.6. The minimum atomic E-state index is -0.974. The normalized spacial score (nSPS) is 15.4. The Kier molecular flexibility index (Phi) is 8.70. The number of amides is 2. The fourth-order valence-corrected chi connectivity index (χ4v) is 5.24. The smallest absolute Gasteiger partial charge is 0.408 e. The van der Waals surface area contributed by atoms with Crippen LogP contribution in [0.4, 0.5) is 19.3 Å². The summed E-state index contributed by atoms with van der Waals surface area (Å²) in [6.45, 7) is 5.17. The number of alkyl carbamates (subject to hydrolysis) is 1. The number of anilines is 1. The van der Waals surface area contributed by atoms with Crippen molar-refractivity contribution in [1.82, 2.24) is 5.32 Å². The Morgan fingerprint density at radius 2 is 1.72 bits per heavy atom. The van der Waals surface area contributed by atoms with Crippen LogP contribution in [0.5, 0.6) is 0 Å². The fourth-order valence-electron chi connectivity index (χ4n) is 4.16. The number of ether oxygens (including phenoxy) is 1. The minimum absolute atomic E-state index is 0.0302. The van der Waals surface area contributed by atoms with E-state index in [0.29, 0.717) is 22.6 Å². The lowest BCUT2D eigenvalue weighted by molar-refractivity contribution is -0.120. The SMILES string of the molecule is CC(C)(C)OC(=O)N[C@H]1CSc2cc(F)c(C(=O)CCc3ccccc3)cc2N(Cc2ccc(F)cc2)C1=O. The molecular formula is C30H30F2N2O4S. The van der Waals surface area contributed by atoms with E-state index in [9.17, 15) is 18.8 Å². The topological polar surface area (TPSA) is 75.7 Å². The first kappa shape index (κ1) is 28.3. The monoisotopic (exact) mass is 552 g/mol. The lowest BCUT2D eigenvalue weighted by atomic mass is 10.0. The first-order valence-electron chi connectivity index (χ1n) is 12.6. The van der Waals surface area contributed by atoms with Crippen molar-refractivity contribution in [3.8, 4) is 0 Å². The van der Waals surface area contributed by atoms with Crippen molar-refractivity contribution < 1.29 is 27.9 Å². The van der Waals surface area contributed by atoms with Crippen molar-refractivity contribution in [3.05, 3.63) is 95.1 Å². The van der Waals surface area contributed by atoms with Gasteiger partial charge in [0, 0.05) is 17.1 Å². The van der Waals surface area contributed by atoms with Gasteiger partial charge in [0.25, 0.3) is 5.91 Å². The quantitative estimate of drug-likeness (QED) is 0.348. The second-order valence-electron chi connectivity index (χ2n) is 10.3. The van der Waals surface area contributed by atoms with E-state index >= 15 is 4.39 Å². The van der Waals surface area contributed by atoms with Gasteiger partial charge in [-0.15, -0.1) is 11.8 Å². The molecule has 4 rings (SSSR count). The molecule has 6 nitrogen and oxygen atoms in total. The van der Waals surface area contributed by atoms with Crippen molar-refractivity contribution in [1.29, 1.82) is 0 Å². The van der Waals surface area contributed by atoms with Gasteiger partial charge in [-0.3, -0.25) is 9.59 Å². The number of hydrogen-bond acceptors (Lipinski definition) is 5. The van der Waals surface area contributed by atoms with E-state index in [0.717, 1.165) is 5.56 Å². The number of halogens is 2. The number of hydrogen-bond donors (Lipinski definition) is 1. The number of carbonyl (C=O) groups is 3. The van der Waals surface area contributed by atoms with E-state index in [1.807, 2.05) is 30.3 Å². The molecule has 1 aliphatic rings. The standard InChI is InChI=1S/C30H30F2N2O4S/c1-30(2,3)38-29(37)33-24-18-39-27-16-23(32)22(26(35)14-11-19-7-5-4-6-8-19)15-25(27)34(28(24)36)17-20-9-12-21(31)13-10-20/h4-10,12-13,15-16,24H,11,14,17-18H2,1-3H3,(H,33,37)/t24-/m0/s1. The molecule has 1 atom stereocenters. The highest BCUT2D eigenvalue weighted by atomic mass is 32.2. The Bertz CT molecular complexity index is 1360. The number of benzene rings is 3. The molecule has 1 N–H and O–H groups in total. The Morgan fingerprint density at radius 3 is 2.38 bits per heavy atom. The van der Waals surface area contributed by atoms with E-state index < -0.39 is 35.3 Å². The molecule has 0 saturated heterocycles. The summed E-state index contributed by atoms with van der Waals surface area (Å²) >= 11 is 1.20. The number of rotatable bonds is 7. The molecule has 0 fully saturated rings. The summed E-state index contributed by atoms with van der Waals surface area (Å²) in [6.07, 6.45) is -0.204. The van der Waals surface area contributed by atoms with Crippen LogP contribution in [0.2, 0.25) is 0 Å². The predicted molar refractivity (Wildman–Crippen MR) is 147 cm³/mol. The molecule has 0 aliphatic carbocycles. The Morgan fingerprint density at radius 1 is 1.03 bits per heavy atom. The second kappa shape index (κ2) is 12.0. The molecule has 204 valence electrons. The van der Waals surface area contributed by atoms with Crippen LogP contribution < -0.4 is 10.2 Å². The van der Waals surface area contributed by atoms with Crippen LogP contribution >= 0.6 is 11.8 Å². The molecule has 0 saturated carbocycles. The zero-order valence-electron chi connectivity index (χ0n) is 22.0. The highest BCUT2D eigenvalue weighted by molar-refractivity contribution is 7.99. The average Bonchev–Trinajstić information content (AvgIpc) is 2.99. The van der Waals surface area contributed by atoms with Crippen LogP contribution in [0, 0.1) is 11.6 Å². The number of thioether (sulfide) groups is 1. The van der Waals surface area contributed by atoms with Gasteiger partial charge in [0.05, 0.1) is 17.8 Å². The molecule has 39 heavy (non-hydrogen) atoms. The minimum Gasteiger partial charge on any atom is -0.444 e. The van der Waals surface area contributed by atoms with E-state index in [2.05, 4.69) is 5.32 Å². The van der Waals surface area contributed by atoms with Crippen molar-refractivity contribution >= 4 is 35.2 Å². The molecule has 3 aromatic carbocycles. The van der Waals surface area contributed by atoms with Gasteiger partial charge < -0.3 is 15.0 Å². The third kappa shape index (κ3) is 7.44. The van der Waals surface area contributed by atoms with Crippen LogP contribution in [-0.4, -0.2) is 35.2 Å². The Labute approximate surface area is 230 Å². The molecule has 9 heteroatoms. The molecule has 1 aliphatic heterocycles. The summed E-state index contributed by atoms with van der Waals surface area (Å²) in [6, 6.07) is 16.8. The largest absolute Gasteiger partial charge is 0.444 e. The lowest BCUT2D eigenvalue weighted by Gasteiger charge is -2.27. The number of aryl methyl sites for hydroxylation is 1. The van der Waals surface area contributed by atoms with Crippen molar-refractivity contribution in [2.24, 2.45) is 0 Å². The van der Waals surface area contributed by atoms with Gasteiger partial charge in [0.1, 0.15) is 23.3 Å². The summed E-state index contributed by atoms with van der Waals surface area (Å²) in [4.78, 5) is 41.2. The maximum absolute atomic E-state index is 15.2. The Balaban J connectivity index is 1.65. The van der Waals surface area contributed by atoms with Crippen LogP contribution in [0.3, 0.4) is 0 Å². The number of ketones is 1. The third-order valence-corrected chi connectivity index (χ3v) is 7.18. The summed E-state index contributed by atoms with van der Waals surface area (Å²) in [5.41, 5.74) is 1.06. The van der Waals surface area contributed by atoms with Gasteiger partial charge in [-0.2, -0.15) is 0 Å². The zero-order valence-corrected chi connectivity index (χ0v) is 22.8. The van der Waals surface area contributed by atoms with Crippen LogP contribution in [0.1, 0.15) is 48.7 Å². The highest BCUT2D eigenvalue weighted by Crippen LogP contribution is 2.38. The summed E-state index contributed by atoms with van der Waals surface area (Å²) in [5, 5.41) is 2.62. The lowest BCUT2D eigenvalue weighted by Crippen LogP contribution is -2.50. The van der Waals surface area contributed by atoms with Crippen molar-refractivity contribution in [3.63, 3.8) is 0 Å². The van der Waals surface area contributed by atoms with Gasteiger partial charge in [-0.05, 0) is 62.6 Å². The number of nitrogens with one attached hydrogen (secondary N) is 1. The van der Waals surface area contributed by atoms with E-state index in [1.165, 1.54) is 40.9 Å². The van der Waals surface area contributed by atoms with Gasteiger partial charge in [-0.1, -0.05) is 42.5 Å². The zero-order chi connectivity index (χ0) is 28.2. The molecule has 0 aromatic heterocycles. The molecule has 0 spiro atoms. The van der Waals surface area contributed by atoms with Crippen LogP contribution in [0.25, 0.3) is 0 Å². The Hall–Kier alpha value is -3.72. The molecule has 0 bridgehead atoms. The van der Waals surface area contributed by atoms with E-state index in [4.69, 9.17) is 4.74 Å². The van der Waals surface area contributed by atoms with Crippen molar-refractivity contribution in [2.45, 2.75) is 56.7 Å². The third-order valence-electron chi connectivity index (χ3n) is 6.04. The average molecular weight is 553 g/mol. The van der Waals surface area contributed by atoms with Gasteiger partial charge in [-0.25, -0.2) is 13.6 Å². The second-order valence-corrected chi connectivity index (χ2v) is 11.3. The van der Waals surface area contributed by atoms with Gasteiger partial charge in [0.2, 0.25) is 0 Å². The van der Waals surface area contributed by atoms with E-state index in [-0.39, 0.29) is 30.1 Å². The van der Waals surface area contributed by atoms with Crippen molar-refractivity contribution in [2.75, 3.05) is 10.7 Å².